The second-order valence-corrected chi connectivity index (χ2v) is 2.68. The Bertz CT molecular complexity index is 287. The average molecular weight is 175 g/mol. The number of anilines is 1. The smallest absolute Gasteiger partial charge is 0.123 e. The van der Waals surface area contributed by atoms with E-state index in [-0.39, 0.29) is 0 Å². The zero-order valence-corrected chi connectivity index (χ0v) is 7.66. The molecule has 0 aromatic heterocycles. The second kappa shape index (κ2) is 5.14. The molecule has 13 heavy (non-hydrogen) atoms. The van der Waals surface area contributed by atoms with Crippen molar-refractivity contribution in [3.8, 4) is 0 Å². The molecule has 1 rings (SSSR count). The van der Waals surface area contributed by atoms with E-state index in [9.17, 15) is 4.79 Å². The number of benzene rings is 1. The lowest BCUT2D eigenvalue weighted by Crippen LogP contribution is -1.86. The number of carbonyl (C=O) groups is 1. The van der Waals surface area contributed by atoms with Crippen LogP contribution in [0.5, 0.6) is 0 Å². The number of rotatable bonds is 4. The van der Waals surface area contributed by atoms with Crippen LogP contribution in [0.2, 0.25) is 0 Å². The molecule has 68 valence electrons. The van der Waals surface area contributed by atoms with Crippen molar-refractivity contribution < 1.29 is 4.79 Å². The fourth-order valence-electron chi connectivity index (χ4n) is 1.02. The van der Waals surface area contributed by atoms with E-state index in [1.807, 2.05) is 43.5 Å². The van der Waals surface area contributed by atoms with Crippen molar-refractivity contribution in [2.75, 3.05) is 12.4 Å². The molecule has 1 aromatic rings. The van der Waals surface area contributed by atoms with Crippen LogP contribution in [0.3, 0.4) is 0 Å². The monoisotopic (exact) mass is 175 g/mol. The lowest BCUT2D eigenvalue weighted by molar-refractivity contribution is -0.107. The lowest BCUT2D eigenvalue weighted by atomic mass is 10.2. The molecule has 0 fully saturated rings. The zero-order valence-electron chi connectivity index (χ0n) is 7.66. The average Bonchev–Trinajstić information content (AvgIpc) is 2.19. The minimum absolute atomic E-state index is 0.480. The van der Waals surface area contributed by atoms with Gasteiger partial charge < -0.3 is 10.1 Å². The van der Waals surface area contributed by atoms with E-state index >= 15 is 0 Å². The van der Waals surface area contributed by atoms with Crippen molar-refractivity contribution in [2.45, 2.75) is 6.42 Å². The molecule has 1 aromatic carbocycles. The Morgan fingerprint density at radius 2 is 2.00 bits per heavy atom. The summed E-state index contributed by atoms with van der Waals surface area (Å²) in [5.41, 5.74) is 2.20. The van der Waals surface area contributed by atoms with Gasteiger partial charge in [-0.1, -0.05) is 24.3 Å². The first-order valence-corrected chi connectivity index (χ1v) is 4.25. The molecule has 0 amide bonds. The molecular weight excluding hydrogens is 162 g/mol. The van der Waals surface area contributed by atoms with E-state index in [1.54, 1.807) is 0 Å². The largest absolute Gasteiger partial charge is 0.388 e. The third-order valence-electron chi connectivity index (χ3n) is 1.74. The molecule has 0 bridgehead atoms. The number of aldehydes is 1. The minimum atomic E-state index is 0.480. The highest BCUT2D eigenvalue weighted by molar-refractivity contribution is 5.59. The van der Waals surface area contributed by atoms with Crippen molar-refractivity contribution >= 4 is 18.0 Å². The van der Waals surface area contributed by atoms with Crippen LogP contribution in [0, 0.1) is 0 Å². The Balaban J connectivity index is 2.63. The minimum Gasteiger partial charge on any atom is -0.388 e. The molecule has 0 aliphatic carbocycles. The molecule has 0 spiro atoms. The van der Waals surface area contributed by atoms with Crippen LogP contribution in [0.25, 0.3) is 6.08 Å². The number of hydrogen-bond acceptors (Lipinski definition) is 2. The number of carbonyl (C=O) groups excluding carboxylic acids is 1. The van der Waals surface area contributed by atoms with Crippen LogP contribution in [0.15, 0.2) is 30.3 Å². The Kier molecular flexibility index (Phi) is 3.76. The van der Waals surface area contributed by atoms with E-state index < -0.39 is 0 Å². The van der Waals surface area contributed by atoms with Gasteiger partial charge in [0.1, 0.15) is 6.29 Å². The van der Waals surface area contributed by atoms with Crippen molar-refractivity contribution in [1.29, 1.82) is 0 Å². The van der Waals surface area contributed by atoms with Crippen molar-refractivity contribution in [3.63, 3.8) is 0 Å². The third-order valence-corrected chi connectivity index (χ3v) is 1.74. The fourth-order valence-corrected chi connectivity index (χ4v) is 1.02. The predicted octanol–water partition coefficient (Wildman–Crippen LogP) is 2.33. The molecule has 0 unspecified atom stereocenters. The van der Waals surface area contributed by atoms with Gasteiger partial charge in [0.2, 0.25) is 0 Å². The third kappa shape index (κ3) is 3.11. The molecule has 0 radical (unpaired) electrons. The van der Waals surface area contributed by atoms with Gasteiger partial charge >= 0.3 is 0 Å². The summed E-state index contributed by atoms with van der Waals surface area (Å²) in [6.45, 7) is 0. The summed E-state index contributed by atoms with van der Waals surface area (Å²) < 4.78 is 0. The van der Waals surface area contributed by atoms with E-state index in [2.05, 4.69) is 5.32 Å². The van der Waals surface area contributed by atoms with Gasteiger partial charge in [-0.3, -0.25) is 0 Å². The van der Waals surface area contributed by atoms with Crippen LogP contribution >= 0.6 is 0 Å². The summed E-state index contributed by atoms with van der Waals surface area (Å²) >= 11 is 0. The van der Waals surface area contributed by atoms with Gasteiger partial charge in [0.15, 0.2) is 0 Å². The summed E-state index contributed by atoms with van der Waals surface area (Å²) in [6.07, 6.45) is 5.15. The number of allylic oxidation sites excluding steroid dienone is 1. The van der Waals surface area contributed by atoms with Crippen molar-refractivity contribution in [3.05, 3.63) is 35.9 Å². The number of hydrogen-bond donors (Lipinski definition) is 1. The number of nitrogens with one attached hydrogen (secondary N) is 1. The first kappa shape index (κ1) is 9.52. The van der Waals surface area contributed by atoms with Crippen LogP contribution in [-0.2, 0) is 4.79 Å². The summed E-state index contributed by atoms with van der Waals surface area (Å²) in [7, 11) is 1.89. The molecule has 2 heteroatoms. The Morgan fingerprint density at radius 1 is 1.31 bits per heavy atom. The summed E-state index contributed by atoms with van der Waals surface area (Å²) in [5.74, 6) is 0. The highest BCUT2D eigenvalue weighted by Gasteiger charge is 1.87. The van der Waals surface area contributed by atoms with Crippen molar-refractivity contribution in [2.24, 2.45) is 0 Å². The second-order valence-electron chi connectivity index (χ2n) is 2.68. The molecule has 0 saturated heterocycles. The highest BCUT2D eigenvalue weighted by atomic mass is 16.1. The van der Waals surface area contributed by atoms with Gasteiger partial charge in [0, 0.05) is 19.2 Å². The lowest BCUT2D eigenvalue weighted by Gasteiger charge is -1.98. The normalized spacial score (nSPS) is 10.2. The van der Waals surface area contributed by atoms with Crippen LogP contribution in [0.1, 0.15) is 12.0 Å². The van der Waals surface area contributed by atoms with Crippen molar-refractivity contribution in [1.82, 2.24) is 0 Å². The summed E-state index contributed by atoms with van der Waals surface area (Å²) in [4.78, 5) is 10.0. The van der Waals surface area contributed by atoms with Gasteiger partial charge in [0.25, 0.3) is 0 Å². The molecule has 2 nitrogen and oxygen atoms in total. The molecular formula is C11H13NO. The Hall–Kier alpha value is -1.57. The maximum atomic E-state index is 10.0. The topological polar surface area (TPSA) is 29.1 Å². The van der Waals surface area contributed by atoms with Crippen LogP contribution in [-0.4, -0.2) is 13.3 Å². The molecule has 0 saturated carbocycles. The van der Waals surface area contributed by atoms with Gasteiger partial charge in [-0.2, -0.15) is 0 Å². The standard InChI is InChI=1S/C11H13NO/c1-12-11-7-5-10(6-8-11)4-2-3-9-13/h2,4-9,12H,3H2,1H3. The maximum absolute atomic E-state index is 10.0. The van der Waals surface area contributed by atoms with Gasteiger partial charge in [-0.15, -0.1) is 0 Å². The molecule has 0 aliphatic rings. The first-order chi connectivity index (χ1) is 6.36. The predicted molar refractivity (Wildman–Crippen MR) is 55.7 cm³/mol. The van der Waals surface area contributed by atoms with E-state index in [1.165, 1.54) is 0 Å². The SMILES string of the molecule is CNc1ccc(C=CCC=O)cc1. The quantitative estimate of drug-likeness (QED) is 0.711. The van der Waals surface area contributed by atoms with E-state index in [0.29, 0.717) is 6.42 Å². The molecule has 0 atom stereocenters. The molecule has 0 heterocycles. The van der Waals surface area contributed by atoms with E-state index in [0.717, 1.165) is 17.5 Å². The van der Waals surface area contributed by atoms with Gasteiger partial charge in [-0.05, 0) is 17.7 Å². The van der Waals surface area contributed by atoms with Gasteiger partial charge in [-0.25, -0.2) is 0 Å². The van der Waals surface area contributed by atoms with E-state index in [4.69, 9.17) is 0 Å². The summed E-state index contributed by atoms with van der Waals surface area (Å²) in [6, 6.07) is 8.02. The summed E-state index contributed by atoms with van der Waals surface area (Å²) in [5, 5.41) is 3.04. The van der Waals surface area contributed by atoms with Crippen LogP contribution in [0.4, 0.5) is 5.69 Å². The molecule has 0 aliphatic heterocycles. The Morgan fingerprint density at radius 3 is 2.54 bits per heavy atom. The maximum Gasteiger partial charge on any atom is 0.123 e. The van der Waals surface area contributed by atoms with Gasteiger partial charge in [0.05, 0.1) is 0 Å². The first-order valence-electron chi connectivity index (χ1n) is 4.25. The van der Waals surface area contributed by atoms with Crippen LogP contribution < -0.4 is 5.32 Å². The fraction of sp³-hybridized carbons (Fsp3) is 0.182. The Labute approximate surface area is 78.3 Å². The molecule has 1 N–H and O–H groups in total. The zero-order chi connectivity index (χ0) is 9.52. The highest BCUT2D eigenvalue weighted by Crippen LogP contribution is 2.09.